The van der Waals surface area contributed by atoms with Gasteiger partial charge in [-0.25, -0.2) is 0 Å². The van der Waals surface area contributed by atoms with E-state index < -0.39 is 17.3 Å². The van der Waals surface area contributed by atoms with Gasteiger partial charge < -0.3 is 11.3 Å². The van der Waals surface area contributed by atoms with Crippen molar-refractivity contribution < 1.29 is 14.7 Å². The average Bonchev–Trinajstić information content (AvgIpc) is 2.35. The number of rotatable bonds is 1. The standard InChI is InChI=1S/C11H16O3.H3N/c1-10(2)6-4-5-11(10,3)8(12)7(6)9(13)14;/h6-7H,4-5H2,1-3H3,(H,13,14);1H3/t6-,7+,11+;/m1./s1. The Labute approximate surface area is 89.6 Å². The molecule has 0 radical (unpaired) electrons. The van der Waals surface area contributed by atoms with Gasteiger partial charge in [-0.2, -0.15) is 0 Å². The third-order valence-corrected chi connectivity index (χ3v) is 4.80. The summed E-state index contributed by atoms with van der Waals surface area (Å²) in [5.74, 6) is -1.69. The van der Waals surface area contributed by atoms with Crippen molar-refractivity contribution in [2.75, 3.05) is 0 Å². The lowest BCUT2D eigenvalue weighted by Gasteiger charge is -2.32. The van der Waals surface area contributed by atoms with Crippen LogP contribution >= 0.6 is 0 Å². The van der Waals surface area contributed by atoms with Crippen molar-refractivity contribution in [3.8, 4) is 0 Å². The van der Waals surface area contributed by atoms with Crippen molar-refractivity contribution >= 4 is 11.8 Å². The highest BCUT2D eigenvalue weighted by Crippen LogP contribution is 2.65. The Hall–Kier alpha value is -0.900. The highest BCUT2D eigenvalue weighted by atomic mass is 16.4. The van der Waals surface area contributed by atoms with Crippen molar-refractivity contribution in [3.63, 3.8) is 0 Å². The zero-order valence-corrected chi connectivity index (χ0v) is 9.54. The van der Waals surface area contributed by atoms with E-state index in [1.807, 2.05) is 20.8 Å². The number of carboxylic acids is 1. The summed E-state index contributed by atoms with van der Waals surface area (Å²) in [6, 6.07) is 0. The first kappa shape index (κ1) is 12.2. The van der Waals surface area contributed by atoms with Gasteiger partial charge in [-0.1, -0.05) is 20.8 Å². The normalized spacial score (nSPS) is 41.4. The molecule has 15 heavy (non-hydrogen) atoms. The minimum atomic E-state index is -0.934. The monoisotopic (exact) mass is 213 g/mol. The fourth-order valence-electron chi connectivity index (χ4n) is 3.37. The SMILES string of the molecule is CC1(C)[C@@H]2CC[C@@]1(C)C(=O)[C@H]2C(=O)O.N. The molecule has 0 saturated heterocycles. The number of hydrogen-bond donors (Lipinski definition) is 2. The van der Waals surface area contributed by atoms with E-state index in [1.54, 1.807) is 0 Å². The van der Waals surface area contributed by atoms with Gasteiger partial charge in [-0.15, -0.1) is 0 Å². The summed E-state index contributed by atoms with van der Waals surface area (Å²) in [5.41, 5.74) is -0.548. The van der Waals surface area contributed by atoms with Crippen molar-refractivity contribution in [3.05, 3.63) is 0 Å². The van der Waals surface area contributed by atoms with Gasteiger partial charge in [0.05, 0.1) is 0 Å². The zero-order valence-electron chi connectivity index (χ0n) is 9.54. The minimum Gasteiger partial charge on any atom is -0.481 e. The molecule has 4 heteroatoms. The number of hydrogen-bond acceptors (Lipinski definition) is 3. The van der Waals surface area contributed by atoms with E-state index in [1.165, 1.54) is 0 Å². The first-order valence-corrected chi connectivity index (χ1v) is 5.09. The molecule has 4 nitrogen and oxygen atoms in total. The Morgan fingerprint density at radius 3 is 2.20 bits per heavy atom. The van der Waals surface area contributed by atoms with Crippen molar-refractivity contribution in [2.24, 2.45) is 22.7 Å². The molecule has 2 fully saturated rings. The molecule has 0 aromatic rings. The Bertz CT molecular complexity index is 324. The predicted molar refractivity (Wildman–Crippen MR) is 55.8 cm³/mol. The Balaban J connectivity index is 0.00000112. The van der Waals surface area contributed by atoms with Gasteiger partial charge in [0, 0.05) is 5.41 Å². The molecule has 2 aliphatic rings. The van der Waals surface area contributed by atoms with Crippen LogP contribution in [-0.2, 0) is 9.59 Å². The largest absolute Gasteiger partial charge is 0.481 e. The van der Waals surface area contributed by atoms with Gasteiger partial charge >= 0.3 is 5.97 Å². The smallest absolute Gasteiger partial charge is 0.314 e. The number of aliphatic carboxylic acids is 1. The fraction of sp³-hybridized carbons (Fsp3) is 0.818. The van der Waals surface area contributed by atoms with Crippen molar-refractivity contribution in [2.45, 2.75) is 33.6 Å². The van der Waals surface area contributed by atoms with Crippen LogP contribution in [0.25, 0.3) is 0 Å². The number of carboxylic acid groups (broad SMARTS) is 1. The molecule has 2 bridgehead atoms. The van der Waals surface area contributed by atoms with E-state index in [2.05, 4.69) is 0 Å². The number of carbonyl (C=O) groups is 2. The maximum Gasteiger partial charge on any atom is 0.314 e. The maximum absolute atomic E-state index is 12.0. The van der Waals surface area contributed by atoms with E-state index in [-0.39, 0.29) is 23.3 Å². The van der Waals surface area contributed by atoms with Crippen LogP contribution in [0.2, 0.25) is 0 Å². The number of carbonyl (C=O) groups excluding carboxylic acids is 1. The molecule has 0 aromatic heterocycles. The fourth-order valence-corrected chi connectivity index (χ4v) is 3.37. The topological polar surface area (TPSA) is 89.4 Å². The van der Waals surface area contributed by atoms with Crippen LogP contribution in [0.4, 0.5) is 0 Å². The quantitative estimate of drug-likeness (QED) is 0.651. The zero-order chi connectivity index (χ0) is 10.7. The Morgan fingerprint density at radius 2 is 1.93 bits per heavy atom. The molecule has 0 aromatic carbocycles. The Morgan fingerprint density at radius 1 is 1.40 bits per heavy atom. The molecule has 2 rings (SSSR count). The molecule has 0 heterocycles. The van der Waals surface area contributed by atoms with Crippen LogP contribution in [0.3, 0.4) is 0 Å². The second-order valence-corrected chi connectivity index (χ2v) is 5.38. The summed E-state index contributed by atoms with van der Waals surface area (Å²) < 4.78 is 0. The summed E-state index contributed by atoms with van der Waals surface area (Å²) in [5, 5.41) is 9.03. The van der Waals surface area contributed by atoms with Crippen LogP contribution < -0.4 is 6.15 Å². The van der Waals surface area contributed by atoms with Crippen LogP contribution in [0.1, 0.15) is 33.6 Å². The van der Waals surface area contributed by atoms with Crippen LogP contribution in [-0.4, -0.2) is 16.9 Å². The molecule has 2 aliphatic carbocycles. The summed E-state index contributed by atoms with van der Waals surface area (Å²) >= 11 is 0. The molecule has 0 aliphatic heterocycles. The molecule has 4 N–H and O–H groups in total. The molecule has 86 valence electrons. The van der Waals surface area contributed by atoms with Gasteiger partial charge in [-0.3, -0.25) is 9.59 Å². The minimum absolute atomic E-state index is 0. The van der Waals surface area contributed by atoms with E-state index >= 15 is 0 Å². The first-order valence-electron chi connectivity index (χ1n) is 5.09. The molecular formula is C11H19NO3. The van der Waals surface area contributed by atoms with Crippen LogP contribution in [0.15, 0.2) is 0 Å². The van der Waals surface area contributed by atoms with Gasteiger partial charge in [0.25, 0.3) is 0 Å². The second-order valence-electron chi connectivity index (χ2n) is 5.38. The lowest BCUT2D eigenvalue weighted by atomic mass is 9.70. The number of ketones is 1. The predicted octanol–water partition coefficient (Wildman–Crippen LogP) is 1.87. The van der Waals surface area contributed by atoms with E-state index in [0.29, 0.717) is 0 Å². The molecule has 0 spiro atoms. The summed E-state index contributed by atoms with van der Waals surface area (Å²) in [4.78, 5) is 23.0. The van der Waals surface area contributed by atoms with E-state index in [4.69, 9.17) is 5.11 Å². The molecular weight excluding hydrogens is 194 g/mol. The Kier molecular flexibility index (Phi) is 2.47. The van der Waals surface area contributed by atoms with Crippen LogP contribution in [0, 0.1) is 22.7 Å². The summed E-state index contributed by atoms with van der Waals surface area (Å²) in [7, 11) is 0. The summed E-state index contributed by atoms with van der Waals surface area (Å²) in [6.45, 7) is 6.00. The van der Waals surface area contributed by atoms with Gasteiger partial charge in [0.1, 0.15) is 5.92 Å². The van der Waals surface area contributed by atoms with Gasteiger partial charge in [-0.05, 0) is 24.2 Å². The first-order chi connectivity index (χ1) is 6.32. The third-order valence-electron chi connectivity index (χ3n) is 4.80. The highest BCUT2D eigenvalue weighted by Gasteiger charge is 2.68. The lowest BCUT2D eigenvalue weighted by Crippen LogP contribution is -2.35. The molecule has 3 atom stereocenters. The highest BCUT2D eigenvalue weighted by molar-refractivity contribution is 6.04. The molecule has 2 saturated carbocycles. The summed E-state index contributed by atoms with van der Waals surface area (Å²) in [6.07, 6.45) is 1.74. The number of fused-ring (bicyclic) bond motifs is 2. The van der Waals surface area contributed by atoms with Gasteiger partial charge in [0.2, 0.25) is 0 Å². The van der Waals surface area contributed by atoms with E-state index in [9.17, 15) is 9.59 Å². The van der Waals surface area contributed by atoms with Crippen molar-refractivity contribution in [1.82, 2.24) is 6.15 Å². The van der Waals surface area contributed by atoms with Crippen LogP contribution in [0.5, 0.6) is 0 Å². The lowest BCUT2D eigenvalue weighted by molar-refractivity contribution is -0.149. The average molecular weight is 213 g/mol. The molecule has 0 unspecified atom stereocenters. The second kappa shape index (κ2) is 3.04. The third kappa shape index (κ3) is 1.11. The number of Topliss-reactive ketones (excluding diaryl/α,β-unsaturated/α-hetero) is 1. The molecule has 0 amide bonds. The van der Waals surface area contributed by atoms with Gasteiger partial charge in [0.15, 0.2) is 5.78 Å². The maximum atomic E-state index is 12.0. The van der Waals surface area contributed by atoms with Crippen molar-refractivity contribution in [1.29, 1.82) is 0 Å². The van der Waals surface area contributed by atoms with E-state index in [0.717, 1.165) is 12.8 Å².